The molecule has 16 heavy (non-hydrogen) atoms. The largest absolute Gasteiger partial charge is 0.384 e. The van der Waals surface area contributed by atoms with Crippen molar-refractivity contribution in [1.82, 2.24) is 4.90 Å². The average molecular weight is 220 g/mol. The van der Waals surface area contributed by atoms with Crippen molar-refractivity contribution in [2.24, 2.45) is 0 Å². The van der Waals surface area contributed by atoms with E-state index in [0.29, 0.717) is 0 Å². The van der Waals surface area contributed by atoms with Crippen molar-refractivity contribution in [2.75, 3.05) is 25.5 Å². The predicted molar refractivity (Wildman–Crippen MR) is 71.9 cm³/mol. The van der Waals surface area contributed by atoms with Gasteiger partial charge in [-0.05, 0) is 32.0 Å². The molecule has 0 heterocycles. The molecular weight excluding hydrogens is 196 g/mol. The van der Waals surface area contributed by atoms with E-state index in [9.17, 15) is 0 Å². The summed E-state index contributed by atoms with van der Waals surface area (Å²) in [6.45, 7) is 6.63. The van der Waals surface area contributed by atoms with Crippen LogP contribution in [0.4, 0.5) is 5.69 Å². The lowest BCUT2D eigenvalue weighted by molar-refractivity contribution is 0.238. The zero-order valence-electron chi connectivity index (χ0n) is 10.7. The molecule has 0 radical (unpaired) electrons. The summed E-state index contributed by atoms with van der Waals surface area (Å²) in [6, 6.07) is 11.1. The average Bonchev–Trinajstić information content (AvgIpc) is 2.32. The van der Waals surface area contributed by atoms with Crippen molar-refractivity contribution in [2.45, 2.75) is 32.7 Å². The molecule has 0 bridgehead atoms. The lowest BCUT2D eigenvalue weighted by Gasteiger charge is -2.26. The fourth-order valence-electron chi connectivity index (χ4n) is 2.03. The minimum Gasteiger partial charge on any atom is -0.384 e. The second-order valence-electron chi connectivity index (χ2n) is 4.24. The first-order valence-electron chi connectivity index (χ1n) is 6.27. The molecule has 0 aromatic heterocycles. The van der Waals surface area contributed by atoms with Crippen LogP contribution in [0.15, 0.2) is 30.3 Å². The SMILES string of the molecule is CCC(CC)N(C)CCNc1ccccc1. The molecule has 1 aromatic carbocycles. The summed E-state index contributed by atoms with van der Waals surface area (Å²) in [5.74, 6) is 0. The molecule has 2 nitrogen and oxygen atoms in total. The van der Waals surface area contributed by atoms with Crippen molar-refractivity contribution in [3.05, 3.63) is 30.3 Å². The Kier molecular flexibility index (Phi) is 5.94. The second-order valence-corrected chi connectivity index (χ2v) is 4.24. The van der Waals surface area contributed by atoms with Crippen molar-refractivity contribution in [3.8, 4) is 0 Å². The minimum atomic E-state index is 0.720. The van der Waals surface area contributed by atoms with Gasteiger partial charge in [-0.15, -0.1) is 0 Å². The lowest BCUT2D eigenvalue weighted by atomic mass is 10.1. The van der Waals surface area contributed by atoms with Crippen LogP contribution in [-0.2, 0) is 0 Å². The maximum Gasteiger partial charge on any atom is 0.0340 e. The molecule has 1 N–H and O–H groups in total. The fourth-order valence-corrected chi connectivity index (χ4v) is 2.03. The van der Waals surface area contributed by atoms with Gasteiger partial charge in [0.15, 0.2) is 0 Å². The summed E-state index contributed by atoms with van der Waals surface area (Å²) in [5.41, 5.74) is 1.21. The van der Waals surface area contributed by atoms with E-state index < -0.39 is 0 Å². The third-order valence-electron chi connectivity index (χ3n) is 3.13. The number of para-hydroxylation sites is 1. The van der Waals surface area contributed by atoms with Crippen molar-refractivity contribution >= 4 is 5.69 Å². The molecule has 0 amide bonds. The lowest BCUT2D eigenvalue weighted by Crippen LogP contribution is -2.34. The first kappa shape index (κ1) is 13.0. The van der Waals surface area contributed by atoms with E-state index in [1.165, 1.54) is 18.5 Å². The number of nitrogens with one attached hydrogen (secondary N) is 1. The Hall–Kier alpha value is -1.02. The van der Waals surface area contributed by atoms with Gasteiger partial charge in [-0.3, -0.25) is 0 Å². The summed E-state index contributed by atoms with van der Waals surface area (Å²) in [7, 11) is 2.21. The molecule has 0 aliphatic rings. The van der Waals surface area contributed by atoms with E-state index in [-0.39, 0.29) is 0 Å². The molecular formula is C14H24N2. The highest BCUT2D eigenvalue weighted by Gasteiger charge is 2.08. The Morgan fingerprint density at radius 2 is 1.75 bits per heavy atom. The van der Waals surface area contributed by atoms with Gasteiger partial charge >= 0.3 is 0 Å². The van der Waals surface area contributed by atoms with Crippen LogP contribution in [0.25, 0.3) is 0 Å². The van der Waals surface area contributed by atoms with Crippen LogP contribution in [0.2, 0.25) is 0 Å². The van der Waals surface area contributed by atoms with Crippen LogP contribution >= 0.6 is 0 Å². The van der Waals surface area contributed by atoms with Gasteiger partial charge in [0, 0.05) is 24.8 Å². The summed E-state index contributed by atoms with van der Waals surface area (Å²) in [4.78, 5) is 2.44. The number of nitrogens with zero attached hydrogens (tertiary/aromatic N) is 1. The van der Waals surface area contributed by atoms with E-state index in [1.54, 1.807) is 0 Å². The van der Waals surface area contributed by atoms with Crippen molar-refractivity contribution < 1.29 is 0 Å². The molecule has 1 aromatic rings. The van der Waals surface area contributed by atoms with E-state index >= 15 is 0 Å². The smallest absolute Gasteiger partial charge is 0.0340 e. The summed E-state index contributed by atoms with van der Waals surface area (Å²) < 4.78 is 0. The monoisotopic (exact) mass is 220 g/mol. The van der Waals surface area contributed by atoms with Crippen LogP contribution in [-0.4, -0.2) is 31.1 Å². The fraction of sp³-hybridized carbons (Fsp3) is 0.571. The third-order valence-corrected chi connectivity index (χ3v) is 3.13. The zero-order chi connectivity index (χ0) is 11.8. The highest BCUT2D eigenvalue weighted by Crippen LogP contribution is 2.07. The molecule has 0 saturated heterocycles. The van der Waals surface area contributed by atoms with Gasteiger partial charge in [0.1, 0.15) is 0 Å². The standard InChI is InChI=1S/C14H24N2/c1-4-14(5-2)16(3)12-11-15-13-9-7-6-8-10-13/h6-10,14-15H,4-5,11-12H2,1-3H3. The first-order valence-corrected chi connectivity index (χ1v) is 6.27. The normalized spacial score (nSPS) is 11.1. The summed E-state index contributed by atoms with van der Waals surface area (Å²) in [6.07, 6.45) is 2.47. The number of hydrogen-bond acceptors (Lipinski definition) is 2. The number of anilines is 1. The van der Waals surface area contributed by atoms with E-state index in [2.05, 4.69) is 55.4 Å². The number of hydrogen-bond donors (Lipinski definition) is 1. The van der Waals surface area contributed by atoms with Crippen molar-refractivity contribution in [3.63, 3.8) is 0 Å². The minimum absolute atomic E-state index is 0.720. The summed E-state index contributed by atoms with van der Waals surface area (Å²) in [5, 5.41) is 3.44. The van der Waals surface area contributed by atoms with Gasteiger partial charge in [-0.1, -0.05) is 32.0 Å². The van der Waals surface area contributed by atoms with Gasteiger partial charge in [-0.25, -0.2) is 0 Å². The predicted octanol–water partition coefficient (Wildman–Crippen LogP) is 3.22. The molecule has 1 rings (SSSR count). The molecule has 0 fully saturated rings. The Labute approximate surface area is 99.7 Å². The highest BCUT2D eigenvalue weighted by molar-refractivity contribution is 5.42. The second kappa shape index (κ2) is 7.29. The van der Waals surface area contributed by atoms with Gasteiger partial charge in [-0.2, -0.15) is 0 Å². The Balaban J connectivity index is 2.25. The van der Waals surface area contributed by atoms with Crippen molar-refractivity contribution in [1.29, 1.82) is 0 Å². The maximum absolute atomic E-state index is 3.44. The van der Waals surface area contributed by atoms with E-state index in [4.69, 9.17) is 0 Å². The molecule has 90 valence electrons. The van der Waals surface area contributed by atoms with Gasteiger partial charge in [0.2, 0.25) is 0 Å². The molecule has 0 unspecified atom stereocenters. The van der Waals surface area contributed by atoms with Crippen LogP contribution in [0.3, 0.4) is 0 Å². The number of likely N-dealkylation sites (N-methyl/N-ethyl adjacent to an activating group) is 1. The molecule has 0 aliphatic carbocycles. The number of rotatable bonds is 7. The first-order chi connectivity index (χ1) is 7.77. The van der Waals surface area contributed by atoms with E-state index in [0.717, 1.165) is 19.1 Å². The van der Waals surface area contributed by atoms with Gasteiger partial charge < -0.3 is 10.2 Å². The van der Waals surface area contributed by atoms with Crippen LogP contribution < -0.4 is 5.32 Å². The molecule has 2 heteroatoms. The highest BCUT2D eigenvalue weighted by atomic mass is 15.1. The molecule has 0 atom stereocenters. The van der Waals surface area contributed by atoms with Crippen LogP contribution in [0.1, 0.15) is 26.7 Å². The van der Waals surface area contributed by atoms with Crippen LogP contribution in [0, 0.1) is 0 Å². The third kappa shape index (κ3) is 4.23. The van der Waals surface area contributed by atoms with Gasteiger partial charge in [0.05, 0.1) is 0 Å². The quantitative estimate of drug-likeness (QED) is 0.759. The molecule has 0 saturated carbocycles. The Morgan fingerprint density at radius 1 is 1.12 bits per heavy atom. The topological polar surface area (TPSA) is 15.3 Å². The Morgan fingerprint density at radius 3 is 2.31 bits per heavy atom. The number of benzene rings is 1. The molecule has 0 aliphatic heterocycles. The summed E-state index contributed by atoms with van der Waals surface area (Å²) >= 11 is 0. The molecule has 0 spiro atoms. The van der Waals surface area contributed by atoms with Gasteiger partial charge in [0.25, 0.3) is 0 Å². The van der Waals surface area contributed by atoms with Crippen LogP contribution in [0.5, 0.6) is 0 Å². The van der Waals surface area contributed by atoms with E-state index in [1.807, 2.05) is 6.07 Å². The maximum atomic E-state index is 3.44. The zero-order valence-corrected chi connectivity index (χ0v) is 10.7. The Bertz CT molecular complexity index is 267.